The van der Waals surface area contributed by atoms with Gasteiger partial charge in [0, 0.05) is 12.5 Å². The van der Waals surface area contributed by atoms with Gasteiger partial charge in [-0.15, -0.1) is 0 Å². The van der Waals surface area contributed by atoms with Crippen molar-refractivity contribution in [3.05, 3.63) is 40.5 Å². The molecular weight excluding hydrogens is 258 g/mol. The number of amides is 1. The first-order valence-corrected chi connectivity index (χ1v) is 5.50. The lowest BCUT2D eigenvalue weighted by Gasteiger charge is -2.03. The summed E-state index contributed by atoms with van der Waals surface area (Å²) in [5.74, 6) is 0.430. The van der Waals surface area contributed by atoms with Gasteiger partial charge in [0.25, 0.3) is 5.91 Å². The third-order valence-electron chi connectivity index (χ3n) is 2.19. The number of aromatic nitrogens is 2. The predicted octanol–water partition coefficient (Wildman–Crippen LogP) is 1.67. The maximum Gasteiger partial charge on any atom is 0.251 e. The van der Waals surface area contributed by atoms with E-state index in [1.165, 1.54) is 18.2 Å². The van der Waals surface area contributed by atoms with Gasteiger partial charge in [0.1, 0.15) is 5.75 Å². The molecule has 0 bridgehead atoms. The maximum atomic E-state index is 11.8. The van der Waals surface area contributed by atoms with Crippen molar-refractivity contribution < 1.29 is 14.4 Å². The number of phenolic OH excluding ortho intramolecular Hbond substituents is 1. The van der Waals surface area contributed by atoms with Crippen molar-refractivity contribution in [1.82, 2.24) is 15.5 Å². The van der Waals surface area contributed by atoms with Gasteiger partial charge in [-0.05, 0) is 18.2 Å². The summed E-state index contributed by atoms with van der Waals surface area (Å²) in [7, 11) is 0. The third kappa shape index (κ3) is 2.78. The lowest BCUT2D eigenvalue weighted by Crippen LogP contribution is -2.23. The Bertz CT molecular complexity index is 583. The van der Waals surface area contributed by atoms with Crippen molar-refractivity contribution in [2.24, 2.45) is 0 Å². The molecule has 6 nitrogen and oxygen atoms in total. The number of nitrogens with one attached hydrogen (secondary N) is 1. The van der Waals surface area contributed by atoms with Crippen LogP contribution in [0.5, 0.6) is 5.75 Å². The molecule has 0 aliphatic carbocycles. The minimum atomic E-state index is -0.334. The molecule has 94 valence electrons. The monoisotopic (exact) mass is 267 g/mol. The van der Waals surface area contributed by atoms with E-state index in [2.05, 4.69) is 15.5 Å². The summed E-state index contributed by atoms with van der Waals surface area (Å²) in [5, 5.41) is 15.6. The van der Waals surface area contributed by atoms with Crippen molar-refractivity contribution in [2.45, 2.75) is 13.5 Å². The van der Waals surface area contributed by atoms with E-state index in [4.69, 9.17) is 16.1 Å². The molecule has 0 atom stereocenters. The van der Waals surface area contributed by atoms with Crippen LogP contribution in [-0.4, -0.2) is 21.2 Å². The maximum absolute atomic E-state index is 11.8. The summed E-state index contributed by atoms with van der Waals surface area (Å²) >= 11 is 5.71. The Hall–Kier alpha value is -2.08. The van der Waals surface area contributed by atoms with Crippen LogP contribution in [0.4, 0.5) is 0 Å². The molecule has 2 aromatic rings. The molecule has 2 rings (SSSR count). The van der Waals surface area contributed by atoms with Crippen LogP contribution in [0.15, 0.2) is 22.7 Å². The SMILES string of the molecule is Cc1nc(CNC(=O)c2ccc(O)c(Cl)c2)no1. The number of aryl methyl sites for hydroxylation is 1. The molecule has 0 saturated carbocycles. The second-order valence-corrected chi connectivity index (χ2v) is 3.99. The first-order valence-electron chi connectivity index (χ1n) is 5.12. The minimum Gasteiger partial charge on any atom is -0.506 e. The largest absolute Gasteiger partial charge is 0.506 e. The lowest BCUT2D eigenvalue weighted by molar-refractivity contribution is 0.0949. The van der Waals surface area contributed by atoms with Gasteiger partial charge in [-0.3, -0.25) is 4.79 Å². The Morgan fingerprint density at radius 2 is 2.33 bits per heavy atom. The van der Waals surface area contributed by atoms with Crippen LogP contribution < -0.4 is 5.32 Å². The molecule has 0 aliphatic heterocycles. The fourth-order valence-electron chi connectivity index (χ4n) is 1.32. The summed E-state index contributed by atoms with van der Waals surface area (Å²) in [5.41, 5.74) is 0.345. The highest BCUT2D eigenvalue weighted by atomic mass is 35.5. The van der Waals surface area contributed by atoms with E-state index >= 15 is 0 Å². The number of aromatic hydroxyl groups is 1. The van der Waals surface area contributed by atoms with E-state index in [0.29, 0.717) is 17.3 Å². The van der Waals surface area contributed by atoms with Gasteiger partial charge >= 0.3 is 0 Å². The molecule has 1 heterocycles. The van der Waals surface area contributed by atoms with Gasteiger partial charge in [0.15, 0.2) is 5.82 Å². The molecule has 0 unspecified atom stereocenters. The number of phenols is 1. The van der Waals surface area contributed by atoms with E-state index in [9.17, 15) is 9.90 Å². The summed E-state index contributed by atoms with van der Waals surface area (Å²) in [4.78, 5) is 15.7. The van der Waals surface area contributed by atoms with Gasteiger partial charge < -0.3 is 14.9 Å². The number of halogens is 1. The Morgan fingerprint density at radius 3 is 2.94 bits per heavy atom. The van der Waals surface area contributed by atoms with Crippen molar-refractivity contribution >= 4 is 17.5 Å². The summed E-state index contributed by atoms with van der Waals surface area (Å²) in [6.45, 7) is 1.83. The molecule has 1 amide bonds. The second kappa shape index (κ2) is 5.05. The van der Waals surface area contributed by atoms with Crippen LogP contribution in [0.25, 0.3) is 0 Å². The number of hydrogen-bond acceptors (Lipinski definition) is 5. The van der Waals surface area contributed by atoms with Gasteiger partial charge in [-0.25, -0.2) is 0 Å². The molecule has 0 fully saturated rings. The van der Waals surface area contributed by atoms with Crippen molar-refractivity contribution in [1.29, 1.82) is 0 Å². The zero-order valence-electron chi connectivity index (χ0n) is 9.48. The van der Waals surface area contributed by atoms with Crippen LogP contribution in [0.3, 0.4) is 0 Å². The van der Waals surface area contributed by atoms with Crippen molar-refractivity contribution in [2.75, 3.05) is 0 Å². The number of nitrogens with zero attached hydrogens (tertiary/aromatic N) is 2. The zero-order valence-corrected chi connectivity index (χ0v) is 10.2. The highest BCUT2D eigenvalue weighted by Crippen LogP contribution is 2.23. The highest BCUT2D eigenvalue weighted by Gasteiger charge is 2.09. The van der Waals surface area contributed by atoms with Crippen molar-refractivity contribution in [3.8, 4) is 5.75 Å². The van der Waals surface area contributed by atoms with E-state index in [1.807, 2.05) is 0 Å². The Balaban J connectivity index is 2.01. The quantitative estimate of drug-likeness (QED) is 0.883. The number of benzene rings is 1. The lowest BCUT2D eigenvalue weighted by atomic mass is 10.2. The van der Waals surface area contributed by atoms with Crippen molar-refractivity contribution in [3.63, 3.8) is 0 Å². The Labute approximate surface area is 108 Å². The second-order valence-electron chi connectivity index (χ2n) is 3.58. The molecule has 7 heteroatoms. The number of carbonyl (C=O) groups excluding carboxylic acids is 1. The van der Waals surface area contributed by atoms with Gasteiger partial charge in [0.2, 0.25) is 5.89 Å². The molecular formula is C11H10ClN3O3. The van der Waals surface area contributed by atoms with Crippen LogP contribution in [0.2, 0.25) is 5.02 Å². The molecule has 0 spiro atoms. The fraction of sp³-hybridized carbons (Fsp3) is 0.182. The van der Waals surface area contributed by atoms with E-state index < -0.39 is 0 Å². The molecule has 1 aromatic carbocycles. The molecule has 2 N–H and O–H groups in total. The Morgan fingerprint density at radius 1 is 1.56 bits per heavy atom. The van der Waals surface area contributed by atoms with E-state index in [-0.39, 0.29) is 23.2 Å². The Kier molecular flexibility index (Phi) is 3.47. The molecule has 0 saturated heterocycles. The van der Waals surface area contributed by atoms with Gasteiger partial charge in [0.05, 0.1) is 11.6 Å². The first-order chi connectivity index (χ1) is 8.56. The van der Waals surface area contributed by atoms with E-state index in [0.717, 1.165) is 0 Å². The normalized spacial score (nSPS) is 10.3. The van der Waals surface area contributed by atoms with Gasteiger partial charge in [-0.2, -0.15) is 4.98 Å². The number of hydrogen-bond donors (Lipinski definition) is 2. The molecule has 1 aromatic heterocycles. The summed E-state index contributed by atoms with van der Waals surface area (Å²) < 4.78 is 4.77. The van der Waals surface area contributed by atoms with Gasteiger partial charge in [-0.1, -0.05) is 16.8 Å². The molecule has 18 heavy (non-hydrogen) atoms. The van der Waals surface area contributed by atoms with Crippen LogP contribution in [0, 0.1) is 6.92 Å². The zero-order chi connectivity index (χ0) is 13.1. The third-order valence-corrected chi connectivity index (χ3v) is 2.49. The number of rotatable bonds is 3. The average Bonchev–Trinajstić information content (AvgIpc) is 2.75. The standard InChI is InChI=1S/C11H10ClN3O3/c1-6-14-10(15-18-6)5-13-11(17)7-2-3-9(16)8(12)4-7/h2-4,16H,5H2,1H3,(H,13,17). The summed E-state index contributed by atoms with van der Waals surface area (Å²) in [6, 6.07) is 4.21. The average molecular weight is 268 g/mol. The fourth-order valence-corrected chi connectivity index (χ4v) is 1.50. The smallest absolute Gasteiger partial charge is 0.251 e. The summed E-state index contributed by atoms with van der Waals surface area (Å²) in [6.07, 6.45) is 0. The first kappa shape index (κ1) is 12.4. The van der Waals surface area contributed by atoms with Crippen LogP contribution >= 0.6 is 11.6 Å². The van der Waals surface area contributed by atoms with E-state index in [1.54, 1.807) is 6.92 Å². The highest BCUT2D eigenvalue weighted by molar-refractivity contribution is 6.32. The molecule has 0 radical (unpaired) electrons. The van der Waals surface area contributed by atoms with Crippen LogP contribution in [0.1, 0.15) is 22.1 Å². The predicted molar refractivity (Wildman–Crippen MR) is 63.3 cm³/mol. The number of carbonyl (C=O) groups is 1. The minimum absolute atomic E-state index is 0.0676. The van der Waals surface area contributed by atoms with Crippen LogP contribution in [-0.2, 0) is 6.54 Å². The molecule has 0 aliphatic rings. The topological polar surface area (TPSA) is 88.2 Å².